The maximum Gasteiger partial charge on any atom is 0.0359 e. The Hall–Kier alpha value is -0.760. The molecule has 1 N–H and O–H groups in total. The molecule has 0 spiro atoms. The van der Waals surface area contributed by atoms with Crippen LogP contribution in [0.1, 0.15) is 18.3 Å². The van der Waals surface area contributed by atoms with Crippen LogP contribution in [0.5, 0.6) is 0 Å². The van der Waals surface area contributed by atoms with Crippen molar-refractivity contribution in [2.24, 2.45) is 7.05 Å². The standard InChI is InChI=1S/C9H16N2/c1-4-10-7-9-6-5-8(2)11(9)3/h5-6,10H,4,7H2,1-3H3. The van der Waals surface area contributed by atoms with Crippen molar-refractivity contribution in [3.63, 3.8) is 0 Å². The second-order valence-corrected chi connectivity index (χ2v) is 2.81. The summed E-state index contributed by atoms with van der Waals surface area (Å²) in [6, 6.07) is 4.31. The Morgan fingerprint density at radius 1 is 1.45 bits per heavy atom. The van der Waals surface area contributed by atoms with Crippen molar-refractivity contribution in [1.82, 2.24) is 9.88 Å². The minimum Gasteiger partial charge on any atom is -0.351 e. The summed E-state index contributed by atoms with van der Waals surface area (Å²) >= 11 is 0. The number of hydrogen-bond donors (Lipinski definition) is 1. The summed E-state index contributed by atoms with van der Waals surface area (Å²) in [5, 5.41) is 3.30. The highest BCUT2D eigenvalue weighted by atomic mass is 15.0. The van der Waals surface area contributed by atoms with Crippen molar-refractivity contribution >= 4 is 0 Å². The third-order valence-electron chi connectivity index (χ3n) is 2.03. The number of nitrogens with one attached hydrogen (secondary N) is 1. The van der Waals surface area contributed by atoms with E-state index >= 15 is 0 Å². The van der Waals surface area contributed by atoms with Crippen molar-refractivity contribution in [2.45, 2.75) is 20.4 Å². The highest BCUT2D eigenvalue weighted by molar-refractivity contribution is 5.14. The number of aryl methyl sites for hydroxylation is 1. The average molecular weight is 152 g/mol. The van der Waals surface area contributed by atoms with Gasteiger partial charge in [-0.2, -0.15) is 0 Å². The van der Waals surface area contributed by atoms with E-state index < -0.39 is 0 Å². The van der Waals surface area contributed by atoms with Crippen molar-refractivity contribution in [2.75, 3.05) is 6.54 Å². The lowest BCUT2D eigenvalue weighted by Crippen LogP contribution is -2.14. The summed E-state index contributed by atoms with van der Waals surface area (Å²) in [5.41, 5.74) is 2.67. The first-order valence-electron chi connectivity index (χ1n) is 4.07. The van der Waals surface area contributed by atoms with E-state index in [1.165, 1.54) is 11.4 Å². The van der Waals surface area contributed by atoms with Crippen LogP contribution in [-0.4, -0.2) is 11.1 Å². The van der Waals surface area contributed by atoms with E-state index in [-0.39, 0.29) is 0 Å². The van der Waals surface area contributed by atoms with Crippen LogP contribution in [0.2, 0.25) is 0 Å². The van der Waals surface area contributed by atoms with Gasteiger partial charge in [0.1, 0.15) is 0 Å². The summed E-state index contributed by atoms with van der Waals surface area (Å²) in [7, 11) is 2.10. The lowest BCUT2D eigenvalue weighted by molar-refractivity contribution is 0.674. The fraction of sp³-hybridized carbons (Fsp3) is 0.556. The second kappa shape index (κ2) is 3.58. The van der Waals surface area contributed by atoms with Crippen LogP contribution in [-0.2, 0) is 13.6 Å². The molecule has 0 radical (unpaired) electrons. The number of nitrogens with zero attached hydrogens (tertiary/aromatic N) is 1. The van der Waals surface area contributed by atoms with E-state index in [4.69, 9.17) is 0 Å². The summed E-state index contributed by atoms with van der Waals surface area (Å²) < 4.78 is 2.21. The molecule has 0 amide bonds. The van der Waals surface area contributed by atoms with Gasteiger partial charge in [-0.05, 0) is 25.6 Å². The van der Waals surface area contributed by atoms with E-state index in [1.54, 1.807) is 0 Å². The average Bonchev–Trinajstić information content (AvgIpc) is 2.31. The zero-order valence-electron chi connectivity index (χ0n) is 7.52. The molecule has 1 rings (SSSR count). The lowest BCUT2D eigenvalue weighted by atomic mass is 10.4. The minimum absolute atomic E-state index is 0.973. The van der Waals surface area contributed by atoms with Gasteiger partial charge in [0.05, 0.1) is 0 Å². The molecule has 0 saturated carbocycles. The van der Waals surface area contributed by atoms with Crippen LogP contribution in [0.15, 0.2) is 12.1 Å². The maximum absolute atomic E-state index is 3.30. The first-order valence-corrected chi connectivity index (χ1v) is 4.07. The molecule has 1 aromatic rings. The van der Waals surface area contributed by atoms with Gasteiger partial charge in [0.2, 0.25) is 0 Å². The summed E-state index contributed by atoms with van der Waals surface area (Å²) in [4.78, 5) is 0. The Kier molecular flexibility index (Phi) is 2.71. The molecule has 0 saturated heterocycles. The van der Waals surface area contributed by atoms with Crippen molar-refractivity contribution in [3.8, 4) is 0 Å². The van der Waals surface area contributed by atoms with Crippen LogP contribution in [0.25, 0.3) is 0 Å². The molecule has 0 bridgehead atoms. The van der Waals surface area contributed by atoms with Crippen molar-refractivity contribution < 1.29 is 0 Å². The van der Waals surface area contributed by atoms with E-state index in [0.29, 0.717) is 0 Å². The second-order valence-electron chi connectivity index (χ2n) is 2.81. The summed E-state index contributed by atoms with van der Waals surface area (Å²) in [5.74, 6) is 0. The van der Waals surface area contributed by atoms with Gasteiger partial charge in [-0.1, -0.05) is 6.92 Å². The predicted molar refractivity (Wildman–Crippen MR) is 47.5 cm³/mol. The van der Waals surface area contributed by atoms with Gasteiger partial charge in [0, 0.05) is 25.0 Å². The Morgan fingerprint density at radius 2 is 2.18 bits per heavy atom. The van der Waals surface area contributed by atoms with Gasteiger partial charge in [-0.15, -0.1) is 0 Å². The Balaban J connectivity index is 2.63. The van der Waals surface area contributed by atoms with Crippen LogP contribution in [0.3, 0.4) is 0 Å². The fourth-order valence-electron chi connectivity index (χ4n) is 1.10. The fourth-order valence-corrected chi connectivity index (χ4v) is 1.10. The Bertz CT molecular complexity index is 225. The highest BCUT2D eigenvalue weighted by Crippen LogP contribution is 2.04. The first-order chi connectivity index (χ1) is 5.25. The van der Waals surface area contributed by atoms with Gasteiger partial charge in [0.25, 0.3) is 0 Å². The monoisotopic (exact) mass is 152 g/mol. The smallest absolute Gasteiger partial charge is 0.0359 e. The summed E-state index contributed by atoms with van der Waals surface area (Å²) in [6.45, 7) is 6.25. The molecule has 2 heteroatoms. The molecule has 0 aliphatic carbocycles. The van der Waals surface area contributed by atoms with Gasteiger partial charge >= 0.3 is 0 Å². The lowest BCUT2D eigenvalue weighted by Gasteiger charge is -2.04. The van der Waals surface area contributed by atoms with Gasteiger partial charge in [-0.25, -0.2) is 0 Å². The SMILES string of the molecule is CCNCc1ccc(C)n1C. The van der Waals surface area contributed by atoms with Crippen LogP contribution >= 0.6 is 0 Å². The topological polar surface area (TPSA) is 17.0 Å². The van der Waals surface area contributed by atoms with Crippen molar-refractivity contribution in [3.05, 3.63) is 23.5 Å². The normalized spacial score (nSPS) is 10.5. The molecular formula is C9H16N2. The third-order valence-corrected chi connectivity index (χ3v) is 2.03. The van der Waals surface area contributed by atoms with E-state index in [9.17, 15) is 0 Å². The molecule has 62 valence electrons. The molecule has 0 atom stereocenters. The van der Waals surface area contributed by atoms with E-state index in [0.717, 1.165) is 13.1 Å². The number of hydrogen-bond acceptors (Lipinski definition) is 1. The Morgan fingerprint density at radius 3 is 2.64 bits per heavy atom. The van der Waals surface area contributed by atoms with Crippen LogP contribution in [0, 0.1) is 6.92 Å². The minimum atomic E-state index is 0.973. The molecule has 0 aromatic carbocycles. The molecule has 1 aromatic heterocycles. The molecule has 1 heterocycles. The van der Waals surface area contributed by atoms with E-state index in [1.807, 2.05) is 0 Å². The molecule has 2 nitrogen and oxygen atoms in total. The zero-order valence-corrected chi connectivity index (χ0v) is 7.52. The Labute approximate surface area is 68.2 Å². The van der Waals surface area contributed by atoms with Gasteiger partial charge in [0.15, 0.2) is 0 Å². The van der Waals surface area contributed by atoms with E-state index in [2.05, 4.69) is 42.9 Å². The van der Waals surface area contributed by atoms with Gasteiger partial charge in [-0.3, -0.25) is 0 Å². The third kappa shape index (κ3) is 1.84. The van der Waals surface area contributed by atoms with Gasteiger partial charge < -0.3 is 9.88 Å². The number of rotatable bonds is 3. The maximum atomic E-state index is 3.30. The largest absolute Gasteiger partial charge is 0.351 e. The molecule has 0 fully saturated rings. The molecule has 11 heavy (non-hydrogen) atoms. The predicted octanol–water partition coefficient (Wildman–Crippen LogP) is 1.44. The van der Waals surface area contributed by atoms with Crippen LogP contribution < -0.4 is 5.32 Å². The molecule has 0 aliphatic heterocycles. The molecule has 0 unspecified atom stereocenters. The molecular weight excluding hydrogens is 136 g/mol. The highest BCUT2D eigenvalue weighted by Gasteiger charge is 1.98. The number of aromatic nitrogens is 1. The summed E-state index contributed by atoms with van der Waals surface area (Å²) in [6.07, 6.45) is 0. The quantitative estimate of drug-likeness (QED) is 0.693. The zero-order chi connectivity index (χ0) is 8.27. The molecule has 0 aliphatic rings. The van der Waals surface area contributed by atoms with Crippen LogP contribution in [0.4, 0.5) is 0 Å². The first kappa shape index (κ1) is 8.34. The van der Waals surface area contributed by atoms with Crippen molar-refractivity contribution in [1.29, 1.82) is 0 Å².